The van der Waals surface area contributed by atoms with Crippen LogP contribution in [-0.4, -0.2) is 25.3 Å². The zero-order chi connectivity index (χ0) is 14.0. The van der Waals surface area contributed by atoms with Gasteiger partial charge >= 0.3 is 5.97 Å². The Labute approximate surface area is 111 Å². The van der Waals surface area contributed by atoms with Crippen LogP contribution in [0.15, 0.2) is 12.1 Å². The SMILES string of the molecule is COc1cc(C2(C(=O)O)CCCC2)c(OC)cc1F. The third kappa shape index (κ3) is 2.13. The van der Waals surface area contributed by atoms with Crippen molar-refractivity contribution in [2.75, 3.05) is 14.2 Å². The summed E-state index contributed by atoms with van der Waals surface area (Å²) in [5, 5.41) is 9.58. The molecule has 1 aromatic rings. The highest BCUT2D eigenvalue weighted by Gasteiger charge is 2.45. The molecule has 1 N–H and O–H groups in total. The van der Waals surface area contributed by atoms with Crippen molar-refractivity contribution in [3.8, 4) is 11.5 Å². The van der Waals surface area contributed by atoms with Crippen molar-refractivity contribution >= 4 is 5.97 Å². The van der Waals surface area contributed by atoms with Crippen molar-refractivity contribution in [2.45, 2.75) is 31.1 Å². The maximum atomic E-state index is 13.7. The summed E-state index contributed by atoms with van der Waals surface area (Å²) in [5.74, 6) is -1.13. The Hall–Kier alpha value is -1.78. The van der Waals surface area contributed by atoms with Crippen molar-refractivity contribution < 1.29 is 23.8 Å². The number of benzene rings is 1. The average Bonchev–Trinajstić information content (AvgIpc) is 2.88. The second kappa shape index (κ2) is 5.07. The molecule has 5 heteroatoms. The Kier molecular flexibility index (Phi) is 3.64. The lowest BCUT2D eigenvalue weighted by molar-refractivity contribution is -0.143. The number of aliphatic carboxylic acids is 1. The molecule has 0 unspecified atom stereocenters. The van der Waals surface area contributed by atoms with E-state index in [9.17, 15) is 14.3 Å². The Morgan fingerprint density at radius 3 is 2.26 bits per heavy atom. The van der Waals surface area contributed by atoms with E-state index in [1.54, 1.807) is 0 Å². The number of carboxylic acid groups (broad SMARTS) is 1. The molecule has 0 spiro atoms. The largest absolute Gasteiger partial charge is 0.496 e. The molecule has 19 heavy (non-hydrogen) atoms. The molecule has 1 fully saturated rings. The van der Waals surface area contributed by atoms with Crippen LogP contribution in [0.3, 0.4) is 0 Å². The molecule has 2 rings (SSSR count). The smallest absolute Gasteiger partial charge is 0.314 e. The maximum Gasteiger partial charge on any atom is 0.314 e. The third-order valence-corrected chi connectivity index (χ3v) is 3.86. The predicted octanol–water partition coefficient (Wildman–Crippen LogP) is 2.74. The van der Waals surface area contributed by atoms with Crippen LogP contribution in [-0.2, 0) is 10.2 Å². The predicted molar refractivity (Wildman–Crippen MR) is 67.3 cm³/mol. The van der Waals surface area contributed by atoms with Crippen LogP contribution in [0.1, 0.15) is 31.2 Å². The number of methoxy groups -OCH3 is 2. The van der Waals surface area contributed by atoms with Gasteiger partial charge in [-0.2, -0.15) is 0 Å². The van der Waals surface area contributed by atoms with Crippen LogP contribution in [0.4, 0.5) is 4.39 Å². The van der Waals surface area contributed by atoms with Gasteiger partial charge in [-0.05, 0) is 18.9 Å². The number of carboxylic acids is 1. The first-order chi connectivity index (χ1) is 9.05. The zero-order valence-corrected chi connectivity index (χ0v) is 11.0. The van der Waals surface area contributed by atoms with Crippen molar-refractivity contribution in [1.82, 2.24) is 0 Å². The summed E-state index contributed by atoms with van der Waals surface area (Å²) in [6.45, 7) is 0. The lowest BCUT2D eigenvalue weighted by atomic mass is 9.78. The van der Waals surface area contributed by atoms with E-state index >= 15 is 0 Å². The zero-order valence-electron chi connectivity index (χ0n) is 11.0. The standard InChI is InChI=1S/C14H17FO4/c1-18-11-8-10(15)12(19-2)7-9(11)14(13(16)17)5-3-4-6-14/h7-8H,3-6H2,1-2H3,(H,16,17). The van der Waals surface area contributed by atoms with Gasteiger partial charge in [0.1, 0.15) is 5.75 Å². The first-order valence-electron chi connectivity index (χ1n) is 6.20. The lowest BCUT2D eigenvalue weighted by Gasteiger charge is -2.26. The van der Waals surface area contributed by atoms with E-state index in [4.69, 9.17) is 9.47 Å². The number of ether oxygens (including phenoxy) is 2. The molecule has 1 aliphatic rings. The Morgan fingerprint density at radius 1 is 1.21 bits per heavy atom. The van der Waals surface area contributed by atoms with Gasteiger partial charge in [-0.1, -0.05) is 12.8 Å². The highest BCUT2D eigenvalue weighted by atomic mass is 19.1. The second-order valence-corrected chi connectivity index (χ2v) is 4.78. The first kappa shape index (κ1) is 13.6. The van der Waals surface area contributed by atoms with Gasteiger partial charge in [0.15, 0.2) is 11.6 Å². The van der Waals surface area contributed by atoms with Crippen molar-refractivity contribution in [3.63, 3.8) is 0 Å². The monoisotopic (exact) mass is 268 g/mol. The van der Waals surface area contributed by atoms with Crippen LogP contribution in [0.25, 0.3) is 0 Å². The summed E-state index contributed by atoms with van der Waals surface area (Å²) in [6.07, 6.45) is 2.76. The van der Waals surface area contributed by atoms with Gasteiger partial charge in [0.05, 0.1) is 19.6 Å². The molecule has 1 aromatic carbocycles. The molecule has 1 saturated carbocycles. The number of hydrogen-bond acceptors (Lipinski definition) is 3. The van der Waals surface area contributed by atoms with Gasteiger partial charge in [0, 0.05) is 11.6 Å². The summed E-state index contributed by atoms with van der Waals surface area (Å²) in [6, 6.07) is 2.64. The second-order valence-electron chi connectivity index (χ2n) is 4.78. The van der Waals surface area contributed by atoms with Gasteiger partial charge in [-0.15, -0.1) is 0 Å². The van der Waals surface area contributed by atoms with E-state index in [1.165, 1.54) is 26.4 Å². The fraction of sp³-hybridized carbons (Fsp3) is 0.500. The van der Waals surface area contributed by atoms with Crippen molar-refractivity contribution in [3.05, 3.63) is 23.5 Å². The Morgan fingerprint density at radius 2 is 1.79 bits per heavy atom. The molecule has 0 aliphatic heterocycles. The fourth-order valence-electron chi connectivity index (χ4n) is 2.81. The van der Waals surface area contributed by atoms with Crippen molar-refractivity contribution in [2.24, 2.45) is 0 Å². The van der Waals surface area contributed by atoms with Gasteiger partial charge in [0.25, 0.3) is 0 Å². The van der Waals surface area contributed by atoms with Crippen LogP contribution in [0, 0.1) is 5.82 Å². The van der Waals surface area contributed by atoms with Gasteiger partial charge in [-0.3, -0.25) is 4.79 Å². The Bertz CT molecular complexity index is 492. The van der Waals surface area contributed by atoms with Crippen molar-refractivity contribution in [1.29, 1.82) is 0 Å². The first-order valence-corrected chi connectivity index (χ1v) is 6.20. The summed E-state index contributed by atoms with van der Waals surface area (Å²) < 4.78 is 23.8. The summed E-state index contributed by atoms with van der Waals surface area (Å²) >= 11 is 0. The van der Waals surface area contributed by atoms with Crippen LogP contribution in [0.2, 0.25) is 0 Å². The Balaban J connectivity index is 2.61. The molecule has 1 aliphatic carbocycles. The minimum Gasteiger partial charge on any atom is -0.496 e. The molecular formula is C14H17FO4. The third-order valence-electron chi connectivity index (χ3n) is 3.86. The van der Waals surface area contributed by atoms with Gasteiger partial charge in [-0.25, -0.2) is 4.39 Å². The molecule has 0 aromatic heterocycles. The van der Waals surface area contributed by atoms with E-state index < -0.39 is 17.2 Å². The topological polar surface area (TPSA) is 55.8 Å². The fourth-order valence-corrected chi connectivity index (χ4v) is 2.81. The van der Waals surface area contributed by atoms with Crippen LogP contribution < -0.4 is 9.47 Å². The summed E-state index contributed by atoms with van der Waals surface area (Å²) in [4.78, 5) is 11.7. The summed E-state index contributed by atoms with van der Waals surface area (Å²) in [7, 11) is 2.77. The van der Waals surface area contributed by atoms with E-state index in [-0.39, 0.29) is 11.5 Å². The van der Waals surface area contributed by atoms with E-state index in [0.717, 1.165) is 12.8 Å². The molecule has 104 valence electrons. The number of rotatable bonds is 4. The highest BCUT2D eigenvalue weighted by molar-refractivity contribution is 5.83. The van der Waals surface area contributed by atoms with E-state index in [2.05, 4.69) is 0 Å². The lowest BCUT2D eigenvalue weighted by Crippen LogP contribution is -2.33. The number of halogens is 1. The average molecular weight is 268 g/mol. The number of hydrogen-bond donors (Lipinski definition) is 1. The highest BCUT2D eigenvalue weighted by Crippen LogP contribution is 2.46. The maximum absolute atomic E-state index is 13.7. The normalized spacial score (nSPS) is 17.2. The molecule has 4 nitrogen and oxygen atoms in total. The van der Waals surface area contributed by atoms with Crippen LogP contribution >= 0.6 is 0 Å². The molecule has 0 radical (unpaired) electrons. The minimum atomic E-state index is -0.994. The summed E-state index contributed by atoms with van der Waals surface area (Å²) in [5.41, 5.74) is -0.495. The minimum absolute atomic E-state index is 0.0447. The molecule has 0 bridgehead atoms. The van der Waals surface area contributed by atoms with E-state index in [0.29, 0.717) is 18.4 Å². The van der Waals surface area contributed by atoms with Gasteiger partial charge in [0.2, 0.25) is 0 Å². The van der Waals surface area contributed by atoms with Crippen LogP contribution in [0.5, 0.6) is 11.5 Å². The quantitative estimate of drug-likeness (QED) is 0.912. The van der Waals surface area contributed by atoms with E-state index in [1.807, 2.05) is 0 Å². The molecular weight excluding hydrogens is 251 g/mol. The van der Waals surface area contributed by atoms with Gasteiger partial charge < -0.3 is 14.6 Å². The molecule has 0 saturated heterocycles. The molecule has 0 amide bonds. The molecule has 0 heterocycles. The number of carbonyl (C=O) groups is 1. The molecule has 0 atom stereocenters.